The molecule has 0 aliphatic heterocycles. The summed E-state index contributed by atoms with van der Waals surface area (Å²) < 4.78 is 0. The molecule has 2 N–H and O–H groups in total. The van der Waals surface area contributed by atoms with Crippen LogP contribution in [0.5, 0.6) is 0 Å². The van der Waals surface area contributed by atoms with Gasteiger partial charge in [-0.1, -0.05) is 6.92 Å². The maximum absolute atomic E-state index is 11.7. The minimum Gasteiger partial charge on any atom is -0.481 e. The molecular weight excluding hydrogens is 250 g/mol. The Morgan fingerprint density at radius 3 is 2.21 bits per heavy atom. The van der Waals surface area contributed by atoms with Crippen molar-refractivity contribution in [1.82, 2.24) is 15.1 Å². The number of hydrogen-bond acceptors (Lipinski definition) is 4. The number of amides is 2. The van der Waals surface area contributed by atoms with Gasteiger partial charge in [-0.25, -0.2) is 0 Å². The number of carbonyl (C=O) groups is 3. The summed E-state index contributed by atoms with van der Waals surface area (Å²) in [5, 5.41) is 11.0. The van der Waals surface area contributed by atoms with Crippen molar-refractivity contribution in [2.45, 2.75) is 13.3 Å². The Morgan fingerprint density at radius 1 is 1.16 bits per heavy atom. The summed E-state index contributed by atoms with van der Waals surface area (Å²) >= 11 is 0. The molecule has 0 fully saturated rings. The quantitative estimate of drug-likeness (QED) is 0.606. The molecule has 0 spiro atoms. The van der Waals surface area contributed by atoms with E-state index >= 15 is 0 Å². The fourth-order valence-corrected chi connectivity index (χ4v) is 1.30. The molecule has 7 nitrogen and oxygen atoms in total. The summed E-state index contributed by atoms with van der Waals surface area (Å²) in [7, 11) is 5.49. The average Bonchev–Trinajstić information content (AvgIpc) is 2.31. The first-order chi connectivity index (χ1) is 8.73. The molecule has 1 unspecified atom stereocenters. The zero-order valence-electron chi connectivity index (χ0n) is 12.0. The van der Waals surface area contributed by atoms with Gasteiger partial charge in [-0.3, -0.25) is 14.4 Å². The molecule has 0 radical (unpaired) electrons. The van der Waals surface area contributed by atoms with Crippen LogP contribution < -0.4 is 5.32 Å². The summed E-state index contributed by atoms with van der Waals surface area (Å²) in [5.41, 5.74) is 0. The van der Waals surface area contributed by atoms with E-state index in [4.69, 9.17) is 5.11 Å². The Bertz CT molecular complexity index is 331. The van der Waals surface area contributed by atoms with E-state index in [1.54, 1.807) is 7.05 Å². The van der Waals surface area contributed by atoms with Gasteiger partial charge in [-0.15, -0.1) is 0 Å². The van der Waals surface area contributed by atoms with E-state index in [1.807, 2.05) is 19.0 Å². The molecule has 0 aromatic rings. The van der Waals surface area contributed by atoms with E-state index in [1.165, 1.54) is 11.8 Å². The molecule has 0 aromatic carbocycles. The second-order valence-electron chi connectivity index (χ2n) is 4.84. The number of carboxylic acids is 1. The zero-order chi connectivity index (χ0) is 15.0. The molecule has 2 amide bonds. The van der Waals surface area contributed by atoms with Crippen molar-refractivity contribution in [3.63, 3.8) is 0 Å². The molecule has 7 heteroatoms. The van der Waals surface area contributed by atoms with Crippen LogP contribution in [0.2, 0.25) is 0 Å². The maximum Gasteiger partial charge on any atom is 0.304 e. The van der Waals surface area contributed by atoms with Crippen LogP contribution in [0, 0.1) is 5.92 Å². The van der Waals surface area contributed by atoms with Gasteiger partial charge >= 0.3 is 5.97 Å². The van der Waals surface area contributed by atoms with Crippen molar-refractivity contribution in [1.29, 1.82) is 0 Å². The first-order valence-electron chi connectivity index (χ1n) is 6.12. The number of carboxylic acid groups (broad SMARTS) is 1. The van der Waals surface area contributed by atoms with Gasteiger partial charge in [0, 0.05) is 26.1 Å². The standard InChI is InChI=1S/C12H23N3O4/c1-9(7-11(17)18)12(19)13-8-10(16)15(4)6-5-14(2)3/h9H,5-8H2,1-4H3,(H,13,19)(H,17,18). The van der Waals surface area contributed by atoms with Crippen LogP contribution >= 0.6 is 0 Å². The lowest BCUT2D eigenvalue weighted by Crippen LogP contribution is -2.42. The number of rotatable bonds is 8. The Kier molecular flexibility index (Phi) is 7.74. The number of likely N-dealkylation sites (N-methyl/N-ethyl adjacent to an activating group) is 2. The van der Waals surface area contributed by atoms with Crippen LogP contribution in [0.4, 0.5) is 0 Å². The zero-order valence-corrected chi connectivity index (χ0v) is 12.0. The van der Waals surface area contributed by atoms with Gasteiger partial charge in [-0.2, -0.15) is 0 Å². The molecule has 0 aliphatic rings. The predicted octanol–water partition coefficient (Wildman–Crippen LogP) is -0.767. The molecule has 110 valence electrons. The summed E-state index contributed by atoms with van der Waals surface area (Å²) in [6, 6.07) is 0. The number of aliphatic carboxylic acids is 1. The smallest absolute Gasteiger partial charge is 0.304 e. The SMILES string of the molecule is CC(CC(=O)O)C(=O)NCC(=O)N(C)CCN(C)C. The van der Waals surface area contributed by atoms with Gasteiger partial charge in [-0.05, 0) is 14.1 Å². The van der Waals surface area contributed by atoms with Gasteiger partial charge in [0.1, 0.15) is 0 Å². The lowest BCUT2D eigenvalue weighted by Gasteiger charge is -2.20. The first kappa shape index (κ1) is 17.4. The fraction of sp³-hybridized carbons (Fsp3) is 0.750. The first-order valence-corrected chi connectivity index (χ1v) is 6.12. The normalized spacial score (nSPS) is 12.1. The van der Waals surface area contributed by atoms with E-state index in [0.29, 0.717) is 6.54 Å². The third-order valence-corrected chi connectivity index (χ3v) is 2.65. The Morgan fingerprint density at radius 2 is 1.74 bits per heavy atom. The van der Waals surface area contributed by atoms with Crippen LogP contribution in [0.3, 0.4) is 0 Å². The van der Waals surface area contributed by atoms with Crippen molar-refractivity contribution < 1.29 is 19.5 Å². The second-order valence-corrected chi connectivity index (χ2v) is 4.84. The highest BCUT2D eigenvalue weighted by atomic mass is 16.4. The Balaban J connectivity index is 4.01. The van der Waals surface area contributed by atoms with Gasteiger partial charge in [0.2, 0.25) is 11.8 Å². The van der Waals surface area contributed by atoms with Crippen LogP contribution in [0.25, 0.3) is 0 Å². The highest BCUT2D eigenvalue weighted by Gasteiger charge is 2.17. The van der Waals surface area contributed by atoms with E-state index in [0.717, 1.165) is 6.54 Å². The maximum atomic E-state index is 11.7. The number of nitrogens with zero attached hydrogens (tertiary/aromatic N) is 2. The van der Waals surface area contributed by atoms with Crippen LogP contribution in [0.1, 0.15) is 13.3 Å². The van der Waals surface area contributed by atoms with Crippen molar-refractivity contribution in [2.75, 3.05) is 40.8 Å². The second kappa shape index (κ2) is 8.47. The summed E-state index contributed by atoms with van der Waals surface area (Å²) in [6.07, 6.45) is -0.240. The minimum absolute atomic E-state index is 0.104. The van der Waals surface area contributed by atoms with Crippen LogP contribution in [0.15, 0.2) is 0 Å². The molecule has 0 heterocycles. The van der Waals surface area contributed by atoms with Crippen LogP contribution in [-0.2, 0) is 14.4 Å². The van der Waals surface area contributed by atoms with Crippen molar-refractivity contribution in [3.8, 4) is 0 Å². The van der Waals surface area contributed by atoms with Crippen molar-refractivity contribution in [2.24, 2.45) is 5.92 Å². The molecule has 1 atom stereocenters. The molecule has 0 saturated carbocycles. The van der Waals surface area contributed by atoms with E-state index in [2.05, 4.69) is 5.32 Å². The van der Waals surface area contributed by atoms with Gasteiger partial charge in [0.15, 0.2) is 0 Å². The predicted molar refractivity (Wildman–Crippen MR) is 70.6 cm³/mol. The average molecular weight is 273 g/mol. The van der Waals surface area contributed by atoms with E-state index < -0.39 is 17.8 Å². The molecule has 0 bridgehead atoms. The van der Waals surface area contributed by atoms with Crippen molar-refractivity contribution in [3.05, 3.63) is 0 Å². The molecule has 19 heavy (non-hydrogen) atoms. The number of hydrogen-bond donors (Lipinski definition) is 2. The fourth-order valence-electron chi connectivity index (χ4n) is 1.30. The van der Waals surface area contributed by atoms with Gasteiger partial charge in [0.25, 0.3) is 0 Å². The Hall–Kier alpha value is -1.63. The molecule has 0 aromatic heterocycles. The lowest BCUT2D eigenvalue weighted by molar-refractivity contribution is -0.141. The molecule has 0 rings (SSSR count). The summed E-state index contributed by atoms with van der Waals surface area (Å²) in [4.78, 5) is 37.1. The highest BCUT2D eigenvalue weighted by molar-refractivity contribution is 5.87. The van der Waals surface area contributed by atoms with Crippen LogP contribution in [-0.4, -0.2) is 73.5 Å². The van der Waals surface area contributed by atoms with Crippen molar-refractivity contribution >= 4 is 17.8 Å². The topological polar surface area (TPSA) is 89.9 Å². The monoisotopic (exact) mass is 273 g/mol. The van der Waals surface area contributed by atoms with Gasteiger partial charge < -0.3 is 20.2 Å². The lowest BCUT2D eigenvalue weighted by atomic mass is 10.1. The van der Waals surface area contributed by atoms with Gasteiger partial charge in [0.05, 0.1) is 13.0 Å². The molecule has 0 aliphatic carbocycles. The van der Waals surface area contributed by atoms with E-state index in [9.17, 15) is 14.4 Å². The summed E-state index contributed by atoms with van der Waals surface area (Å²) in [6.45, 7) is 2.73. The van der Waals surface area contributed by atoms with E-state index in [-0.39, 0.29) is 18.9 Å². The molecule has 0 saturated heterocycles. The number of nitrogens with one attached hydrogen (secondary N) is 1. The third-order valence-electron chi connectivity index (χ3n) is 2.65. The molecular formula is C12H23N3O4. The minimum atomic E-state index is -1.03. The Labute approximate surface area is 113 Å². The highest BCUT2D eigenvalue weighted by Crippen LogP contribution is 2.01. The summed E-state index contributed by atoms with van der Waals surface area (Å²) in [5.74, 6) is -2.29. The third kappa shape index (κ3) is 8.15. The number of carbonyl (C=O) groups excluding carboxylic acids is 2. The largest absolute Gasteiger partial charge is 0.481 e.